The summed E-state index contributed by atoms with van der Waals surface area (Å²) in [7, 11) is 0. The molecule has 0 saturated carbocycles. The molecule has 0 radical (unpaired) electrons. The number of aromatic nitrogens is 1. The lowest BCUT2D eigenvalue weighted by atomic mass is 9.99. The summed E-state index contributed by atoms with van der Waals surface area (Å²) in [5, 5.41) is 11.6. The first kappa shape index (κ1) is 14.7. The predicted octanol–water partition coefficient (Wildman–Crippen LogP) is 2.96. The number of aromatic carboxylic acids is 1. The van der Waals surface area contributed by atoms with E-state index in [1.54, 1.807) is 0 Å². The van der Waals surface area contributed by atoms with E-state index >= 15 is 0 Å². The molecule has 0 atom stereocenters. The van der Waals surface area contributed by atoms with E-state index in [9.17, 15) is 9.59 Å². The standard InChI is InChI=1S/C16H16N2O3/c1-9-6-10(2)14(11(3)7-9)15(19)18-13-8-12(16(20)21)4-5-17-13/h4-8H,1-3H3,(H,20,21)(H,17,18,19). The van der Waals surface area contributed by atoms with Crippen LogP contribution in [-0.2, 0) is 0 Å². The molecule has 1 heterocycles. The SMILES string of the molecule is Cc1cc(C)c(C(=O)Nc2cc(C(=O)O)ccn2)c(C)c1. The summed E-state index contributed by atoms with van der Waals surface area (Å²) in [6.45, 7) is 5.71. The van der Waals surface area contributed by atoms with E-state index < -0.39 is 5.97 Å². The number of nitrogens with zero attached hydrogens (tertiary/aromatic N) is 1. The van der Waals surface area contributed by atoms with E-state index in [2.05, 4.69) is 10.3 Å². The maximum atomic E-state index is 12.3. The molecule has 0 aliphatic rings. The third-order valence-electron chi connectivity index (χ3n) is 3.15. The molecule has 0 unspecified atom stereocenters. The van der Waals surface area contributed by atoms with Gasteiger partial charge in [0.1, 0.15) is 5.82 Å². The molecule has 2 N–H and O–H groups in total. The monoisotopic (exact) mass is 284 g/mol. The Morgan fingerprint density at radius 3 is 2.29 bits per heavy atom. The normalized spacial score (nSPS) is 10.2. The topological polar surface area (TPSA) is 79.3 Å². The first-order valence-corrected chi connectivity index (χ1v) is 6.47. The van der Waals surface area contributed by atoms with Crippen molar-refractivity contribution >= 4 is 17.7 Å². The second-order valence-electron chi connectivity index (χ2n) is 4.96. The van der Waals surface area contributed by atoms with Crippen LogP contribution in [-0.4, -0.2) is 22.0 Å². The van der Waals surface area contributed by atoms with Crippen LogP contribution in [0, 0.1) is 20.8 Å². The van der Waals surface area contributed by atoms with Crippen LogP contribution in [0.25, 0.3) is 0 Å². The van der Waals surface area contributed by atoms with E-state index in [0.717, 1.165) is 16.7 Å². The molecule has 0 aliphatic carbocycles. The number of amides is 1. The molecule has 2 aromatic rings. The van der Waals surface area contributed by atoms with Gasteiger partial charge in [-0.25, -0.2) is 9.78 Å². The van der Waals surface area contributed by atoms with E-state index in [0.29, 0.717) is 5.56 Å². The van der Waals surface area contributed by atoms with Crippen molar-refractivity contribution in [1.82, 2.24) is 4.98 Å². The molecule has 0 fully saturated rings. The number of pyridine rings is 1. The average Bonchev–Trinajstić information content (AvgIpc) is 2.37. The van der Waals surface area contributed by atoms with Gasteiger partial charge in [-0.1, -0.05) is 17.7 Å². The summed E-state index contributed by atoms with van der Waals surface area (Å²) in [6.07, 6.45) is 1.36. The first-order valence-electron chi connectivity index (χ1n) is 6.47. The van der Waals surface area contributed by atoms with Crippen molar-refractivity contribution in [3.05, 3.63) is 58.3 Å². The van der Waals surface area contributed by atoms with Crippen LogP contribution in [0.3, 0.4) is 0 Å². The third-order valence-corrected chi connectivity index (χ3v) is 3.15. The van der Waals surface area contributed by atoms with E-state index in [1.807, 2.05) is 32.9 Å². The Labute approximate surface area is 122 Å². The summed E-state index contributed by atoms with van der Waals surface area (Å²) in [6, 6.07) is 6.57. The second-order valence-corrected chi connectivity index (χ2v) is 4.96. The molecule has 108 valence electrons. The summed E-state index contributed by atoms with van der Waals surface area (Å²) < 4.78 is 0. The smallest absolute Gasteiger partial charge is 0.335 e. The van der Waals surface area contributed by atoms with Crippen LogP contribution in [0.15, 0.2) is 30.5 Å². The highest BCUT2D eigenvalue weighted by Crippen LogP contribution is 2.18. The lowest BCUT2D eigenvalue weighted by Gasteiger charge is -2.11. The minimum atomic E-state index is -1.06. The highest BCUT2D eigenvalue weighted by Gasteiger charge is 2.14. The van der Waals surface area contributed by atoms with Gasteiger partial charge in [0.15, 0.2) is 0 Å². The highest BCUT2D eigenvalue weighted by molar-refractivity contribution is 6.06. The Morgan fingerprint density at radius 2 is 1.71 bits per heavy atom. The number of benzene rings is 1. The molecule has 5 heteroatoms. The summed E-state index contributed by atoms with van der Waals surface area (Å²) in [5.74, 6) is -1.13. The number of carbonyl (C=O) groups is 2. The number of nitrogens with one attached hydrogen (secondary N) is 1. The molecule has 0 spiro atoms. The molecular weight excluding hydrogens is 268 g/mol. The van der Waals surface area contributed by atoms with E-state index in [-0.39, 0.29) is 17.3 Å². The van der Waals surface area contributed by atoms with Crippen LogP contribution >= 0.6 is 0 Å². The van der Waals surface area contributed by atoms with E-state index in [4.69, 9.17) is 5.11 Å². The van der Waals surface area contributed by atoms with Gasteiger partial charge in [-0.2, -0.15) is 0 Å². The summed E-state index contributed by atoms with van der Waals surface area (Å²) >= 11 is 0. The maximum Gasteiger partial charge on any atom is 0.335 e. The van der Waals surface area contributed by atoms with Crippen LogP contribution in [0.1, 0.15) is 37.4 Å². The van der Waals surface area contributed by atoms with Crippen molar-refractivity contribution in [1.29, 1.82) is 0 Å². The van der Waals surface area contributed by atoms with Crippen molar-refractivity contribution in [2.75, 3.05) is 5.32 Å². The minimum Gasteiger partial charge on any atom is -0.478 e. The highest BCUT2D eigenvalue weighted by atomic mass is 16.4. The molecule has 0 aliphatic heterocycles. The Kier molecular flexibility index (Phi) is 4.03. The van der Waals surface area contributed by atoms with Crippen molar-refractivity contribution < 1.29 is 14.7 Å². The molecule has 1 aromatic heterocycles. The summed E-state index contributed by atoms with van der Waals surface area (Å²) in [4.78, 5) is 27.2. The van der Waals surface area contributed by atoms with Gasteiger partial charge in [0.2, 0.25) is 0 Å². The molecule has 0 bridgehead atoms. The van der Waals surface area contributed by atoms with Gasteiger partial charge >= 0.3 is 5.97 Å². The molecular formula is C16H16N2O3. The molecule has 1 amide bonds. The van der Waals surface area contributed by atoms with Gasteiger partial charge in [0, 0.05) is 11.8 Å². The number of carboxylic acids is 1. The van der Waals surface area contributed by atoms with Crippen LogP contribution < -0.4 is 5.32 Å². The van der Waals surface area contributed by atoms with Crippen LogP contribution in [0.4, 0.5) is 5.82 Å². The minimum absolute atomic E-state index is 0.0812. The molecule has 0 saturated heterocycles. The Morgan fingerprint density at radius 1 is 1.10 bits per heavy atom. The Balaban J connectivity index is 2.30. The van der Waals surface area contributed by atoms with E-state index in [1.165, 1.54) is 18.3 Å². The van der Waals surface area contributed by atoms with Crippen LogP contribution in [0.5, 0.6) is 0 Å². The molecule has 21 heavy (non-hydrogen) atoms. The first-order chi connectivity index (χ1) is 9.88. The zero-order valence-corrected chi connectivity index (χ0v) is 12.1. The second kappa shape index (κ2) is 5.75. The zero-order chi connectivity index (χ0) is 15.6. The number of rotatable bonds is 3. The third kappa shape index (κ3) is 3.25. The van der Waals surface area contributed by atoms with Crippen molar-refractivity contribution in [2.45, 2.75) is 20.8 Å². The van der Waals surface area contributed by atoms with Gasteiger partial charge in [-0.15, -0.1) is 0 Å². The fraction of sp³-hybridized carbons (Fsp3) is 0.188. The van der Waals surface area contributed by atoms with Gasteiger partial charge in [0.05, 0.1) is 5.56 Å². The molecule has 2 rings (SSSR count). The quantitative estimate of drug-likeness (QED) is 0.908. The number of carbonyl (C=O) groups excluding carboxylic acids is 1. The maximum absolute atomic E-state index is 12.3. The van der Waals surface area contributed by atoms with Gasteiger partial charge < -0.3 is 10.4 Å². The number of aryl methyl sites for hydroxylation is 3. The van der Waals surface area contributed by atoms with Gasteiger partial charge in [-0.05, 0) is 44.0 Å². The fourth-order valence-corrected chi connectivity index (χ4v) is 2.35. The zero-order valence-electron chi connectivity index (χ0n) is 12.1. The lowest BCUT2D eigenvalue weighted by Crippen LogP contribution is -2.16. The molecule has 5 nitrogen and oxygen atoms in total. The summed E-state index contributed by atoms with van der Waals surface area (Å²) in [5.41, 5.74) is 3.51. The molecule has 1 aromatic carbocycles. The number of hydrogen-bond acceptors (Lipinski definition) is 3. The van der Waals surface area contributed by atoms with Crippen LogP contribution in [0.2, 0.25) is 0 Å². The predicted molar refractivity (Wildman–Crippen MR) is 79.8 cm³/mol. The van der Waals surface area contributed by atoms with Crippen molar-refractivity contribution in [3.63, 3.8) is 0 Å². The Bertz CT molecular complexity index is 700. The largest absolute Gasteiger partial charge is 0.478 e. The van der Waals surface area contributed by atoms with Gasteiger partial charge in [0.25, 0.3) is 5.91 Å². The lowest BCUT2D eigenvalue weighted by molar-refractivity contribution is 0.0696. The number of hydrogen-bond donors (Lipinski definition) is 2. The number of carboxylic acid groups (broad SMARTS) is 1. The number of anilines is 1. The Hall–Kier alpha value is -2.69. The van der Waals surface area contributed by atoms with Crippen molar-refractivity contribution in [2.24, 2.45) is 0 Å². The van der Waals surface area contributed by atoms with Gasteiger partial charge in [-0.3, -0.25) is 4.79 Å². The fourth-order valence-electron chi connectivity index (χ4n) is 2.35. The van der Waals surface area contributed by atoms with Crippen molar-refractivity contribution in [3.8, 4) is 0 Å². The average molecular weight is 284 g/mol.